The molecule has 1 aromatic carbocycles. The molecule has 0 bridgehead atoms. The molecule has 1 N–H and O–H groups in total. The molecule has 2 unspecified atom stereocenters. The van der Waals surface area contributed by atoms with Gasteiger partial charge in [0.05, 0.1) is 44.6 Å². The minimum Gasteiger partial charge on any atom is -0.493 e. The molecule has 2 heterocycles. The van der Waals surface area contributed by atoms with Gasteiger partial charge in [-0.2, -0.15) is 5.26 Å². The number of likely N-dealkylation sites (N-methyl/N-ethyl adjacent to an activating group) is 1. The molecule has 7 heteroatoms. The molecule has 34 heavy (non-hydrogen) atoms. The van der Waals surface area contributed by atoms with E-state index < -0.39 is 11.6 Å². The lowest BCUT2D eigenvalue weighted by molar-refractivity contribution is -0.899. The van der Waals surface area contributed by atoms with Gasteiger partial charge < -0.3 is 23.5 Å². The summed E-state index contributed by atoms with van der Waals surface area (Å²) < 4.78 is 18.0. The van der Waals surface area contributed by atoms with E-state index in [1.54, 1.807) is 24.3 Å². The molecule has 0 radical (unpaired) electrons. The van der Waals surface area contributed by atoms with Crippen molar-refractivity contribution < 1.29 is 28.3 Å². The van der Waals surface area contributed by atoms with Crippen LogP contribution in [0.15, 0.2) is 47.1 Å². The molecule has 3 atom stereocenters. The number of nitriles is 1. The molecule has 0 spiro atoms. The van der Waals surface area contributed by atoms with Gasteiger partial charge in [-0.05, 0) is 43.2 Å². The van der Waals surface area contributed by atoms with E-state index in [1.807, 2.05) is 12.1 Å². The number of likely N-dealkylation sites (tertiary alicyclic amines) is 1. The molecule has 2 aromatic rings. The van der Waals surface area contributed by atoms with Crippen LogP contribution in [0.4, 0.5) is 0 Å². The van der Waals surface area contributed by atoms with Crippen molar-refractivity contribution in [1.29, 1.82) is 5.26 Å². The molecule has 2 fully saturated rings. The number of rotatable bonds is 9. The summed E-state index contributed by atoms with van der Waals surface area (Å²) in [5.74, 6) is 0.236. The second-order valence-corrected chi connectivity index (χ2v) is 9.99. The van der Waals surface area contributed by atoms with Crippen LogP contribution in [0.2, 0.25) is 0 Å². The fraction of sp³-hybridized carbons (Fsp3) is 0.556. The van der Waals surface area contributed by atoms with Gasteiger partial charge in [0.1, 0.15) is 18.1 Å². The van der Waals surface area contributed by atoms with Gasteiger partial charge in [0, 0.05) is 18.8 Å². The number of aliphatic hydroxyl groups is 1. The van der Waals surface area contributed by atoms with Crippen molar-refractivity contribution in [1.82, 2.24) is 0 Å². The number of esters is 1. The van der Waals surface area contributed by atoms with Crippen molar-refractivity contribution in [3.8, 4) is 11.8 Å². The highest BCUT2D eigenvalue weighted by Gasteiger charge is 2.51. The molecule has 1 aromatic heterocycles. The molecule has 1 saturated heterocycles. The first-order valence-electron chi connectivity index (χ1n) is 12.4. The number of carbonyl (C=O) groups is 1. The highest BCUT2D eigenvalue weighted by atomic mass is 16.6. The van der Waals surface area contributed by atoms with Gasteiger partial charge in [0.15, 0.2) is 6.10 Å². The number of hydrogen-bond donors (Lipinski definition) is 1. The Hall–Kier alpha value is -2.82. The third kappa shape index (κ3) is 5.45. The molecule has 7 nitrogen and oxygen atoms in total. The number of benzene rings is 1. The molecule has 0 amide bonds. The molecule has 182 valence electrons. The lowest BCUT2D eigenvalue weighted by atomic mass is 9.75. The Morgan fingerprint density at radius 2 is 2.06 bits per heavy atom. The van der Waals surface area contributed by atoms with Gasteiger partial charge in [-0.1, -0.05) is 25.3 Å². The Morgan fingerprint density at radius 1 is 1.24 bits per heavy atom. The predicted octanol–water partition coefficient (Wildman–Crippen LogP) is 4.15. The monoisotopic (exact) mass is 467 g/mol. The Labute approximate surface area is 201 Å². The van der Waals surface area contributed by atoms with Crippen molar-refractivity contribution >= 4 is 5.97 Å². The zero-order valence-electron chi connectivity index (χ0n) is 19.9. The molecule has 1 saturated carbocycles. The van der Waals surface area contributed by atoms with E-state index >= 15 is 0 Å². The van der Waals surface area contributed by atoms with E-state index in [1.165, 1.54) is 6.26 Å². The Morgan fingerprint density at radius 3 is 2.79 bits per heavy atom. The van der Waals surface area contributed by atoms with Crippen LogP contribution in [0.1, 0.15) is 56.3 Å². The normalized spacial score (nSPS) is 24.8. The van der Waals surface area contributed by atoms with Gasteiger partial charge in [0.2, 0.25) is 5.60 Å². The summed E-state index contributed by atoms with van der Waals surface area (Å²) in [6.45, 7) is 3.09. The average molecular weight is 468 g/mol. The number of carbonyl (C=O) groups excluding carboxylic acids is 1. The van der Waals surface area contributed by atoms with Crippen molar-refractivity contribution in [2.75, 3.05) is 33.3 Å². The van der Waals surface area contributed by atoms with Crippen LogP contribution in [-0.4, -0.2) is 55.0 Å². The smallest absolute Gasteiger partial charge is 0.346 e. The molecule has 2 aliphatic rings. The topological polar surface area (TPSA) is 92.7 Å². The van der Waals surface area contributed by atoms with Crippen LogP contribution in [-0.2, 0) is 15.1 Å². The Kier molecular flexibility index (Phi) is 7.60. The SMILES string of the molecule is C[N+]1(CCCOc2cccc(C#N)c2)CC[C@@H](OC(=O)C(O)(c2ccco2)C2CCCCC2)C1. The Balaban J connectivity index is 1.30. The summed E-state index contributed by atoms with van der Waals surface area (Å²) in [7, 11) is 2.17. The van der Waals surface area contributed by atoms with Gasteiger partial charge >= 0.3 is 5.97 Å². The molecule has 1 aliphatic heterocycles. The zero-order chi connectivity index (χ0) is 24.0. The average Bonchev–Trinajstić information content (AvgIpc) is 3.53. The molecule has 4 rings (SSSR count). The molecular weight excluding hydrogens is 432 g/mol. The van der Waals surface area contributed by atoms with E-state index in [0.29, 0.717) is 24.5 Å². The first-order valence-corrected chi connectivity index (χ1v) is 12.4. The minimum absolute atomic E-state index is 0.182. The summed E-state index contributed by atoms with van der Waals surface area (Å²) in [6, 6.07) is 12.7. The lowest BCUT2D eigenvalue weighted by Crippen LogP contribution is -2.47. The summed E-state index contributed by atoms with van der Waals surface area (Å²) in [5.41, 5.74) is -1.13. The van der Waals surface area contributed by atoms with E-state index in [2.05, 4.69) is 13.1 Å². The van der Waals surface area contributed by atoms with Crippen LogP contribution in [0, 0.1) is 17.2 Å². The van der Waals surface area contributed by atoms with Crippen LogP contribution < -0.4 is 4.74 Å². The van der Waals surface area contributed by atoms with Gasteiger partial charge in [-0.3, -0.25) is 0 Å². The van der Waals surface area contributed by atoms with Crippen molar-refractivity contribution in [2.24, 2.45) is 5.92 Å². The van der Waals surface area contributed by atoms with Gasteiger partial charge in [-0.25, -0.2) is 4.79 Å². The van der Waals surface area contributed by atoms with E-state index in [-0.39, 0.29) is 17.8 Å². The first kappa shape index (κ1) is 24.3. The van der Waals surface area contributed by atoms with Gasteiger partial charge in [0.25, 0.3) is 0 Å². The van der Waals surface area contributed by atoms with Crippen LogP contribution >= 0.6 is 0 Å². The predicted molar refractivity (Wildman–Crippen MR) is 126 cm³/mol. The van der Waals surface area contributed by atoms with Crippen LogP contribution in [0.3, 0.4) is 0 Å². The number of quaternary nitrogens is 1. The Bertz CT molecular complexity index is 995. The fourth-order valence-electron chi connectivity index (χ4n) is 5.45. The van der Waals surface area contributed by atoms with Crippen LogP contribution in [0.5, 0.6) is 5.75 Å². The number of furan rings is 1. The third-order valence-electron chi connectivity index (χ3n) is 7.39. The maximum absolute atomic E-state index is 13.3. The van der Waals surface area contributed by atoms with E-state index in [0.717, 1.165) is 62.5 Å². The van der Waals surface area contributed by atoms with Crippen molar-refractivity contribution in [2.45, 2.75) is 56.7 Å². The summed E-state index contributed by atoms with van der Waals surface area (Å²) in [4.78, 5) is 13.3. The van der Waals surface area contributed by atoms with Gasteiger partial charge in [-0.15, -0.1) is 0 Å². The second kappa shape index (κ2) is 10.6. The third-order valence-corrected chi connectivity index (χ3v) is 7.39. The number of nitrogens with zero attached hydrogens (tertiary/aromatic N) is 2. The highest BCUT2D eigenvalue weighted by molar-refractivity contribution is 5.81. The molecular formula is C27H35N2O5+. The zero-order valence-corrected chi connectivity index (χ0v) is 19.9. The minimum atomic E-state index is -1.72. The van der Waals surface area contributed by atoms with E-state index in [4.69, 9.17) is 19.2 Å². The quantitative estimate of drug-likeness (QED) is 0.338. The van der Waals surface area contributed by atoms with Crippen molar-refractivity contribution in [3.05, 3.63) is 54.0 Å². The summed E-state index contributed by atoms with van der Waals surface area (Å²) >= 11 is 0. The maximum atomic E-state index is 13.3. The standard InChI is InChI=1S/C27H35N2O5/c1-29(14-7-17-32-23-11-5-8-21(18-23)19-28)15-13-24(20-29)34-26(30)27(31,25-12-6-16-33-25)22-9-3-2-4-10-22/h5-6,8,11-12,16,18,22,24,31H,2-4,7,9-10,13-15,17,20H2,1H3/q+1/t24-,27?,29?/m1/s1. The molecule has 1 aliphatic carbocycles. The summed E-state index contributed by atoms with van der Waals surface area (Å²) in [5, 5.41) is 20.6. The summed E-state index contributed by atoms with van der Waals surface area (Å²) in [6.07, 6.45) is 7.62. The largest absolute Gasteiger partial charge is 0.493 e. The fourth-order valence-corrected chi connectivity index (χ4v) is 5.45. The highest BCUT2D eigenvalue weighted by Crippen LogP contribution is 2.41. The second-order valence-electron chi connectivity index (χ2n) is 9.99. The lowest BCUT2D eigenvalue weighted by Gasteiger charge is -2.35. The van der Waals surface area contributed by atoms with Crippen molar-refractivity contribution in [3.63, 3.8) is 0 Å². The van der Waals surface area contributed by atoms with E-state index in [9.17, 15) is 9.90 Å². The number of hydrogen-bond acceptors (Lipinski definition) is 6. The number of ether oxygens (including phenoxy) is 2. The first-order chi connectivity index (χ1) is 16.4. The maximum Gasteiger partial charge on any atom is 0.346 e. The van der Waals surface area contributed by atoms with Crippen LogP contribution in [0.25, 0.3) is 0 Å².